The summed E-state index contributed by atoms with van der Waals surface area (Å²) >= 11 is 3.54. The molecule has 1 rings (SSSR count). The maximum Gasteiger partial charge on any atom is 0.133 e. The molecule has 1 aromatic rings. The molecule has 3 nitrogen and oxygen atoms in total. The number of unbranched alkanes of at least 4 members (excludes halogenated alkanes) is 1. The highest BCUT2D eigenvalue weighted by atomic mass is 79.9. The van der Waals surface area contributed by atoms with E-state index in [0.29, 0.717) is 0 Å². The summed E-state index contributed by atoms with van der Waals surface area (Å²) in [4.78, 5) is 0. The summed E-state index contributed by atoms with van der Waals surface area (Å²) < 4.78 is 6.27. The van der Waals surface area contributed by atoms with Gasteiger partial charge in [-0.1, -0.05) is 19.9 Å². The molecule has 0 radical (unpaired) electrons. The number of methoxy groups -OCH3 is 1. The largest absolute Gasteiger partial charge is 0.496 e. The molecule has 0 aliphatic heterocycles. The van der Waals surface area contributed by atoms with Crippen LogP contribution < -0.4 is 15.8 Å². The predicted molar refractivity (Wildman–Crippen MR) is 84.9 cm³/mol. The molecule has 0 aromatic heterocycles. The molecule has 4 heteroatoms. The van der Waals surface area contributed by atoms with E-state index in [-0.39, 0.29) is 5.41 Å². The quantitative estimate of drug-likeness (QED) is 0.721. The second-order valence-electron chi connectivity index (χ2n) is 5.41. The van der Waals surface area contributed by atoms with Crippen LogP contribution in [0.5, 0.6) is 5.75 Å². The summed E-state index contributed by atoms with van der Waals surface area (Å²) in [7, 11) is 1.68. The van der Waals surface area contributed by atoms with Crippen molar-refractivity contribution in [3.05, 3.63) is 28.2 Å². The van der Waals surface area contributed by atoms with Gasteiger partial charge in [0.2, 0.25) is 0 Å². The van der Waals surface area contributed by atoms with Gasteiger partial charge in [0.05, 0.1) is 11.6 Å². The van der Waals surface area contributed by atoms with Gasteiger partial charge in [0, 0.05) is 12.0 Å². The maximum atomic E-state index is 5.49. The molecule has 0 bridgehead atoms. The molecule has 1 aromatic carbocycles. The molecule has 108 valence electrons. The zero-order chi connectivity index (χ0) is 14.3. The Morgan fingerprint density at radius 2 is 2.05 bits per heavy atom. The predicted octanol–water partition coefficient (Wildman–Crippen LogP) is 3.06. The van der Waals surface area contributed by atoms with Crippen LogP contribution in [-0.4, -0.2) is 26.7 Å². The molecule has 0 aliphatic carbocycles. The Hall–Kier alpha value is -0.580. The molecule has 0 spiro atoms. The number of nitrogens with two attached hydrogens (primary N) is 1. The van der Waals surface area contributed by atoms with Crippen molar-refractivity contribution in [1.29, 1.82) is 0 Å². The summed E-state index contributed by atoms with van der Waals surface area (Å²) in [5, 5.41) is 3.50. The number of halogens is 1. The van der Waals surface area contributed by atoms with Crippen LogP contribution in [0.15, 0.2) is 22.7 Å². The Bertz CT molecular complexity index is 394. The van der Waals surface area contributed by atoms with Crippen molar-refractivity contribution in [3.8, 4) is 5.75 Å². The third kappa shape index (κ3) is 5.13. The van der Waals surface area contributed by atoms with Crippen molar-refractivity contribution in [2.45, 2.75) is 32.1 Å². The van der Waals surface area contributed by atoms with E-state index in [4.69, 9.17) is 10.5 Å². The first-order valence-corrected chi connectivity index (χ1v) is 7.55. The summed E-state index contributed by atoms with van der Waals surface area (Å²) in [5.41, 5.74) is 6.88. The Kier molecular flexibility index (Phi) is 6.83. The van der Waals surface area contributed by atoms with E-state index >= 15 is 0 Å². The minimum absolute atomic E-state index is 0.0947. The van der Waals surface area contributed by atoms with Crippen LogP contribution in [-0.2, 0) is 5.41 Å². The molecule has 0 saturated heterocycles. The lowest BCUT2D eigenvalue weighted by molar-refractivity contribution is 0.410. The number of ether oxygens (including phenoxy) is 1. The molecule has 0 atom stereocenters. The van der Waals surface area contributed by atoms with Gasteiger partial charge in [0.1, 0.15) is 5.75 Å². The zero-order valence-electron chi connectivity index (χ0n) is 12.1. The fourth-order valence-corrected chi connectivity index (χ4v) is 2.53. The molecule has 0 saturated carbocycles. The number of nitrogens with one attached hydrogen (secondary N) is 1. The second-order valence-corrected chi connectivity index (χ2v) is 6.26. The number of rotatable bonds is 8. The molecule has 19 heavy (non-hydrogen) atoms. The van der Waals surface area contributed by atoms with Gasteiger partial charge in [-0.05, 0) is 59.6 Å². The second kappa shape index (κ2) is 7.88. The molecule has 0 unspecified atom stereocenters. The Balaban J connectivity index is 2.58. The highest BCUT2D eigenvalue weighted by Gasteiger charge is 2.21. The lowest BCUT2D eigenvalue weighted by Crippen LogP contribution is -2.33. The number of hydrogen-bond acceptors (Lipinski definition) is 3. The van der Waals surface area contributed by atoms with Gasteiger partial charge >= 0.3 is 0 Å². The minimum Gasteiger partial charge on any atom is -0.496 e. The zero-order valence-corrected chi connectivity index (χ0v) is 13.7. The summed E-state index contributed by atoms with van der Waals surface area (Å²) in [5.74, 6) is 0.871. The van der Waals surface area contributed by atoms with Crippen molar-refractivity contribution < 1.29 is 4.74 Å². The Morgan fingerprint density at radius 3 is 2.63 bits per heavy atom. The van der Waals surface area contributed by atoms with E-state index in [1.54, 1.807) is 7.11 Å². The summed E-state index contributed by atoms with van der Waals surface area (Å²) in [6, 6.07) is 6.28. The van der Waals surface area contributed by atoms with Crippen molar-refractivity contribution in [1.82, 2.24) is 5.32 Å². The van der Waals surface area contributed by atoms with E-state index in [0.717, 1.165) is 42.7 Å². The van der Waals surface area contributed by atoms with Gasteiger partial charge in [-0.25, -0.2) is 0 Å². The standard InChI is InChI=1S/C15H25BrN2O/c1-15(2,11-18-9-5-4-8-17)12-6-7-14(19-3)13(16)10-12/h6-7,10,18H,4-5,8-9,11,17H2,1-3H3. The first kappa shape index (κ1) is 16.5. The highest BCUT2D eigenvalue weighted by molar-refractivity contribution is 9.10. The maximum absolute atomic E-state index is 5.49. The van der Waals surface area contributed by atoms with Crippen LogP contribution >= 0.6 is 15.9 Å². The van der Waals surface area contributed by atoms with E-state index in [1.165, 1.54) is 5.56 Å². The van der Waals surface area contributed by atoms with Crippen LogP contribution in [0, 0.1) is 0 Å². The molecule has 0 amide bonds. The van der Waals surface area contributed by atoms with E-state index < -0.39 is 0 Å². The Labute approximate surface area is 125 Å². The number of hydrogen-bond donors (Lipinski definition) is 2. The third-order valence-corrected chi connectivity index (χ3v) is 3.93. The fourth-order valence-electron chi connectivity index (χ4n) is 1.98. The Morgan fingerprint density at radius 1 is 1.32 bits per heavy atom. The van der Waals surface area contributed by atoms with Gasteiger partial charge in [0.15, 0.2) is 0 Å². The normalized spacial score (nSPS) is 11.6. The van der Waals surface area contributed by atoms with Crippen LogP contribution in [0.4, 0.5) is 0 Å². The molecule has 0 aliphatic rings. The van der Waals surface area contributed by atoms with Crippen LogP contribution in [0.1, 0.15) is 32.3 Å². The number of benzene rings is 1. The van der Waals surface area contributed by atoms with Crippen molar-refractivity contribution in [2.75, 3.05) is 26.7 Å². The average molecular weight is 329 g/mol. The SMILES string of the molecule is COc1ccc(C(C)(C)CNCCCCN)cc1Br. The average Bonchev–Trinajstić information content (AvgIpc) is 2.38. The summed E-state index contributed by atoms with van der Waals surface area (Å²) in [6.45, 7) is 7.25. The van der Waals surface area contributed by atoms with Gasteiger partial charge in [-0.15, -0.1) is 0 Å². The lowest BCUT2D eigenvalue weighted by Gasteiger charge is -2.26. The van der Waals surface area contributed by atoms with Crippen LogP contribution in [0.25, 0.3) is 0 Å². The molecular formula is C15H25BrN2O. The fraction of sp³-hybridized carbons (Fsp3) is 0.600. The lowest BCUT2D eigenvalue weighted by atomic mass is 9.84. The van der Waals surface area contributed by atoms with E-state index in [9.17, 15) is 0 Å². The topological polar surface area (TPSA) is 47.3 Å². The van der Waals surface area contributed by atoms with Crippen LogP contribution in [0.3, 0.4) is 0 Å². The molecule has 0 heterocycles. The molecule has 0 fully saturated rings. The van der Waals surface area contributed by atoms with Crippen molar-refractivity contribution in [3.63, 3.8) is 0 Å². The summed E-state index contributed by atoms with van der Waals surface area (Å²) in [6.07, 6.45) is 2.22. The van der Waals surface area contributed by atoms with Gasteiger partial charge < -0.3 is 15.8 Å². The molecule has 3 N–H and O–H groups in total. The highest BCUT2D eigenvalue weighted by Crippen LogP contribution is 2.31. The van der Waals surface area contributed by atoms with Crippen molar-refractivity contribution in [2.24, 2.45) is 5.73 Å². The minimum atomic E-state index is 0.0947. The smallest absolute Gasteiger partial charge is 0.133 e. The monoisotopic (exact) mass is 328 g/mol. The van der Waals surface area contributed by atoms with Crippen LogP contribution in [0.2, 0.25) is 0 Å². The first-order chi connectivity index (χ1) is 9.01. The van der Waals surface area contributed by atoms with Gasteiger partial charge in [-0.3, -0.25) is 0 Å². The van der Waals surface area contributed by atoms with Crippen molar-refractivity contribution >= 4 is 15.9 Å². The molecular weight excluding hydrogens is 304 g/mol. The van der Waals surface area contributed by atoms with E-state index in [2.05, 4.69) is 47.2 Å². The van der Waals surface area contributed by atoms with Gasteiger partial charge in [0.25, 0.3) is 0 Å². The first-order valence-electron chi connectivity index (χ1n) is 6.76. The van der Waals surface area contributed by atoms with E-state index in [1.807, 2.05) is 6.07 Å². The van der Waals surface area contributed by atoms with Gasteiger partial charge in [-0.2, -0.15) is 0 Å². The third-order valence-electron chi connectivity index (χ3n) is 3.31.